The summed E-state index contributed by atoms with van der Waals surface area (Å²) in [6, 6.07) is 28.4. The maximum atomic E-state index is 13.8. The molecule has 0 spiro atoms. The molecule has 0 atom stereocenters. The van der Waals surface area contributed by atoms with Gasteiger partial charge in [-0.2, -0.15) is 10.2 Å². The number of rotatable bonds is 8. The molecule has 5 aromatic rings. The van der Waals surface area contributed by atoms with Gasteiger partial charge in [0.15, 0.2) is 0 Å². The molecular weight excluding hydrogens is 747 g/mol. The summed E-state index contributed by atoms with van der Waals surface area (Å²) in [5.74, 6) is -2.36. The number of Topliss-reactive ketones (excluding diaryl/α,β-unsaturated/α-hetero) is 2. The summed E-state index contributed by atoms with van der Waals surface area (Å²) in [6.45, 7) is 7.29. The van der Waals surface area contributed by atoms with Crippen LogP contribution in [0.25, 0.3) is 12.2 Å². The van der Waals surface area contributed by atoms with Gasteiger partial charge in [0, 0.05) is 32.5 Å². The summed E-state index contributed by atoms with van der Waals surface area (Å²) in [5.41, 5.74) is 13.4. The fraction of sp³-hybridized carbons (Fsp3) is 0.0909. The van der Waals surface area contributed by atoms with Gasteiger partial charge in [-0.25, -0.2) is 0 Å². The first-order valence-electron chi connectivity index (χ1n) is 17.5. The predicted octanol–water partition coefficient (Wildman–Crippen LogP) is 9.07. The number of hydrazone groups is 2. The van der Waals surface area contributed by atoms with Crippen LogP contribution in [0.15, 0.2) is 118 Å². The fourth-order valence-electron chi connectivity index (χ4n) is 6.30. The lowest BCUT2D eigenvalue weighted by Crippen LogP contribution is -2.31. The van der Waals surface area contributed by atoms with Gasteiger partial charge in [-0.3, -0.25) is 30.0 Å². The molecule has 5 aromatic carbocycles. The lowest BCUT2D eigenvalue weighted by atomic mass is 9.89. The maximum absolute atomic E-state index is 13.8. The molecule has 56 heavy (non-hydrogen) atoms. The summed E-state index contributed by atoms with van der Waals surface area (Å²) < 4.78 is 0. The van der Waals surface area contributed by atoms with Crippen LogP contribution >= 0.6 is 23.2 Å². The first-order valence-corrected chi connectivity index (χ1v) is 18.3. The molecule has 0 saturated heterocycles. The number of carbonyl (C=O) groups excluding carboxylic acids is 4. The van der Waals surface area contributed by atoms with E-state index in [-0.39, 0.29) is 22.6 Å². The summed E-state index contributed by atoms with van der Waals surface area (Å²) in [6.07, 6.45) is 3.09. The standard InChI is InChI=1S/C44H34Cl2N6O4/c1-23-13-15-29(45)21-37(23)49-51-39-31-11-7-5-9-27(31)19-33(41(39)53)43(55)47-35-17-26(4)36(18-25(35)3)48-44(56)34-20-28-10-6-8-12-32(28)40(42(34)54)52-50-38-22-30(46)16-14-24(38)2/h5-22,49-50H,1-4H3,(H,47,55)(H,48,56). The van der Waals surface area contributed by atoms with E-state index < -0.39 is 23.4 Å². The molecule has 2 aliphatic carbocycles. The molecule has 10 nitrogen and oxygen atoms in total. The molecule has 0 aromatic heterocycles. The Bertz CT molecular complexity index is 2460. The first-order chi connectivity index (χ1) is 26.9. The van der Waals surface area contributed by atoms with Crippen molar-refractivity contribution >= 4 is 92.9 Å². The van der Waals surface area contributed by atoms with Crippen LogP contribution in [0.4, 0.5) is 22.7 Å². The van der Waals surface area contributed by atoms with E-state index in [2.05, 4.69) is 31.7 Å². The van der Waals surface area contributed by atoms with E-state index in [1.807, 2.05) is 38.1 Å². The Hall–Kier alpha value is -6.62. The smallest absolute Gasteiger partial charge is 0.259 e. The Kier molecular flexibility index (Phi) is 10.5. The molecule has 7 rings (SSSR count). The zero-order valence-electron chi connectivity index (χ0n) is 30.7. The molecule has 4 N–H and O–H groups in total. The third-order valence-corrected chi connectivity index (χ3v) is 9.95. The van der Waals surface area contributed by atoms with Crippen LogP contribution < -0.4 is 21.5 Å². The molecule has 0 fully saturated rings. The summed E-state index contributed by atoms with van der Waals surface area (Å²) in [7, 11) is 0. The Labute approximate surface area is 333 Å². The molecular formula is C44H34Cl2N6O4. The zero-order chi connectivity index (χ0) is 39.7. The van der Waals surface area contributed by atoms with Gasteiger partial charge in [-0.05, 0) is 110 Å². The number of nitrogens with zero attached hydrogens (tertiary/aromatic N) is 2. The Balaban J connectivity index is 1.11. The van der Waals surface area contributed by atoms with E-state index in [1.165, 1.54) is 0 Å². The van der Waals surface area contributed by atoms with Crippen LogP contribution in [-0.2, 0) is 19.2 Å². The molecule has 0 saturated carbocycles. The third-order valence-electron chi connectivity index (χ3n) is 9.48. The fourth-order valence-corrected chi connectivity index (χ4v) is 6.65. The van der Waals surface area contributed by atoms with Crippen molar-refractivity contribution in [3.63, 3.8) is 0 Å². The van der Waals surface area contributed by atoms with Crippen molar-refractivity contribution in [2.24, 2.45) is 10.2 Å². The SMILES string of the molecule is Cc1ccc(Cl)cc1NN=C1C(=O)C(C(=O)Nc2cc(C)c(NC(=O)C3=Cc4ccccc4C(=NNc4cc(Cl)ccc4C)C3=O)cc2C)=Cc2ccccc21. The highest BCUT2D eigenvalue weighted by Crippen LogP contribution is 2.30. The number of benzene rings is 5. The van der Waals surface area contributed by atoms with Crippen molar-refractivity contribution < 1.29 is 19.2 Å². The van der Waals surface area contributed by atoms with Crippen molar-refractivity contribution in [2.45, 2.75) is 27.7 Å². The molecule has 0 bridgehead atoms. The lowest BCUT2D eigenvalue weighted by molar-refractivity contribution is -0.118. The highest BCUT2D eigenvalue weighted by molar-refractivity contribution is 6.60. The predicted molar refractivity (Wildman–Crippen MR) is 225 cm³/mol. The minimum atomic E-state index is -0.625. The summed E-state index contributed by atoms with van der Waals surface area (Å²) in [5, 5.41) is 15.6. The van der Waals surface area contributed by atoms with E-state index in [9.17, 15) is 19.2 Å². The minimum Gasteiger partial charge on any atom is -0.322 e. The van der Waals surface area contributed by atoms with E-state index in [0.717, 1.165) is 11.1 Å². The number of anilines is 4. The van der Waals surface area contributed by atoms with Gasteiger partial charge in [0.05, 0.1) is 22.5 Å². The second-order valence-electron chi connectivity index (χ2n) is 13.4. The van der Waals surface area contributed by atoms with Crippen LogP contribution in [0.3, 0.4) is 0 Å². The van der Waals surface area contributed by atoms with Gasteiger partial charge in [0.1, 0.15) is 11.4 Å². The van der Waals surface area contributed by atoms with Gasteiger partial charge in [0.2, 0.25) is 11.6 Å². The van der Waals surface area contributed by atoms with Gasteiger partial charge >= 0.3 is 0 Å². The maximum Gasteiger partial charge on any atom is 0.259 e. The first kappa shape index (κ1) is 37.7. The minimum absolute atomic E-state index is 0.0799. The van der Waals surface area contributed by atoms with E-state index in [1.54, 1.807) is 98.8 Å². The quantitative estimate of drug-likeness (QED) is 0.0915. The number of carbonyl (C=O) groups is 4. The second-order valence-corrected chi connectivity index (χ2v) is 14.3. The average Bonchev–Trinajstić information content (AvgIpc) is 3.18. The highest BCUT2D eigenvalue weighted by Gasteiger charge is 2.32. The number of halogens is 2. The normalized spacial score (nSPS) is 14.8. The number of aryl methyl sites for hydroxylation is 4. The van der Waals surface area contributed by atoms with Crippen molar-refractivity contribution in [2.75, 3.05) is 21.5 Å². The molecule has 0 radical (unpaired) electrons. The van der Waals surface area contributed by atoms with Crippen LogP contribution in [0.2, 0.25) is 10.0 Å². The van der Waals surface area contributed by atoms with E-state index in [4.69, 9.17) is 23.2 Å². The van der Waals surface area contributed by atoms with Gasteiger partial charge in [0.25, 0.3) is 11.8 Å². The molecule has 0 aliphatic heterocycles. The summed E-state index contributed by atoms with van der Waals surface area (Å²) in [4.78, 5) is 55.1. The van der Waals surface area contributed by atoms with Gasteiger partial charge in [-0.15, -0.1) is 0 Å². The van der Waals surface area contributed by atoms with Crippen molar-refractivity contribution in [1.82, 2.24) is 0 Å². The number of fused-ring (bicyclic) bond motifs is 2. The molecule has 0 heterocycles. The third kappa shape index (κ3) is 7.66. The van der Waals surface area contributed by atoms with Crippen molar-refractivity contribution in [1.29, 1.82) is 0 Å². The topological polar surface area (TPSA) is 141 Å². The molecule has 0 unspecified atom stereocenters. The van der Waals surface area contributed by atoms with E-state index >= 15 is 0 Å². The van der Waals surface area contributed by atoms with Gasteiger partial charge in [-0.1, -0.05) is 83.9 Å². The Morgan fingerprint density at radius 3 is 1.30 bits per heavy atom. The second kappa shape index (κ2) is 15.6. The van der Waals surface area contributed by atoms with Crippen molar-refractivity contribution in [3.8, 4) is 0 Å². The van der Waals surface area contributed by atoms with Crippen LogP contribution in [0.5, 0.6) is 0 Å². The number of hydrogen-bond donors (Lipinski definition) is 4. The molecule has 12 heteroatoms. The van der Waals surface area contributed by atoms with Crippen LogP contribution in [0, 0.1) is 27.7 Å². The van der Waals surface area contributed by atoms with Gasteiger partial charge < -0.3 is 10.6 Å². The Morgan fingerprint density at radius 2 is 0.893 bits per heavy atom. The lowest BCUT2D eigenvalue weighted by Gasteiger charge is -2.20. The van der Waals surface area contributed by atoms with Crippen LogP contribution in [0.1, 0.15) is 44.5 Å². The average molecular weight is 782 g/mol. The molecule has 278 valence electrons. The molecule has 2 aliphatic rings. The zero-order valence-corrected chi connectivity index (χ0v) is 32.2. The summed E-state index contributed by atoms with van der Waals surface area (Å²) >= 11 is 12.4. The Morgan fingerprint density at radius 1 is 0.500 bits per heavy atom. The highest BCUT2D eigenvalue weighted by atomic mass is 35.5. The van der Waals surface area contributed by atoms with Crippen LogP contribution in [-0.4, -0.2) is 34.8 Å². The monoisotopic (exact) mass is 780 g/mol. The largest absolute Gasteiger partial charge is 0.322 e. The number of amides is 2. The van der Waals surface area contributed by atoms with Crippen molar-refractivity contribution in [3.05, 3.63) is 163 Å². The number of nitrogens with one attached hydrogen (secondary N) is 4. The van der Waals surface area contributed by atoms with E-state index in [0.29, 0.717) is 66.2 Å². The number of ketones is 2. The number of hydrogen-bond acceptors (Lipinski definition) is 8. The molecule has 2 amide bonds.